The topological polar surface area (TPSA) is 58.9 Å². The standard InChI is InChI=1S/C32H18O4/c33-20-9-11-22-18(15-20)7-13-26-29(22)31-24-5-1-3-17-4-2-6-25(28(17)24)32(31,36-26)30-23-12-10-21(34)16-19(23)8-14-27(30)35-31/h1-16,33-34H. The molecule has 2 unspecified atom stereocenters. The number of aromatic hydroxyl groups is 2. The Kier molecular flexibility index (Phi) is 2.97. The largest absolute Gasteiger partial charge is 0.508 e. The van der Waals surface area contributed by atoms with Gasteiger partial charge in [0.1, 0.15) is 23.0 Å². The van der Waals surface area contributed by atoms with E-state index >= 15 is 0 Å². The van der Waals surface area contributed by atoms with Gasteiger partial charge in [0.05, 0.1) is 11.1 Å². The minimum absolute atomic E-state index is 0.225. The number of ether oxygens (including phenoxy) is 2. The summed E-state index contributed by atoms with van der Waals surface area (Å²) in [5.41, 5.74) is 2.25. The van der Waals surface area contributed by atoms with E-state index < -0.39 is 11.2 Å². The van der Waals surface area contributed by atoms with Crippen LogP contribution in [0.1, 0.15) is 22.3 Å². The van der Waals surface area contributed by atoms with Crippen LogP contribution in [-0.2, 0) is 11.2 Å². The number of benzene rings is 6. The molecule has 1 aliphatic carbocycles. The molecule has 9 rings (SSSR count). The Morgan fingerprint density at radius 2 is 1.00 bits per heavy atom. The molecule has 170 valence electrons. The normalized spacial score (nSPS) is 22.2. The lowest BCUT2D eigenvalue weighted by molar-refractivity contribution is -0.00417. The molecular formula is C32H18O4. The molecule has 4 nitrogen and oxygen atoms in total. The second-order valence-electron chi connectivity index (χ2n) is 9.96. The van der Waals surface area contributed by atoms with Crippen LogP contribution >= 0.6 is 0 Å². The molecule has 2 heterocycles. The van der Waals surface area contributed by atoms with E-state index in [1.54, 1.807) is 24.3 Å². The highest BCUT2D eigenvalue weighted by molar-refractivity contribution is 6.03. The molecule has 3 aliphatic rings. The van der Waals surface area contributed by atoms with Crippen LogP contribution in [-0.4, -0.2) is 10.2 Å². The van der Waals surface area contributed by atoms with Crippen molar-refractivity contribution in [1.29, 1.82) is 0 Å². The Morgan fingerprint density at radius 3 is 1.50 bits per heavy atom. The first kappa shape index (κ1) is 18.6. The zero-order valence-corrected chi connectivity index (χ0v) is 18.9. The molecular weight excluding hydrogens is 448 g/mol. The van der Waals surface area contributed by atoms with Crippen LogP contribution in [0.3, 0.4) is 0 Å². The van der Waals surface area contributed by atoms with Gasteiger partial charge in [-0.05, 0) is 68.7 Å². The highest BCUT2D eigenvalue weighted by Gasteiger charge is 2.74. The number of hydrogen-bond acceptors (Lipinski definition) is 4. The first-order valence-corrected chi connectivity index (χ1v) is 12.0. The van der Waals surface area contributed by atoms with E-state index in [-0.39, 0.29) is 11.5 Å². The summed E-state index contributed by atoms with van der Waals surface area (Å²) in [5.74, 6) is 2.01. The monoisotopic (exact) mass is 466 g/mol. The van der Waals surface area contributed by atoms with Gasteiger partial charge in [-0.2, -0.15) is 0 Å². The van der Waals surface area contributed by atoms with E-state index in [4.69, 9.17) is 9.47 Å². The van der Waals surface area contributed by atoms with Gasteiger partial charge < -0.3 is 19.7 Å². The lowest BCUT2D eigenvalue weighted by Gasteiger charge is -2.34. The van der Waals surface area contributed by atoms with Crippen molar-refractivity contribution < 1.29 is 19.7 Å². The fourth-order valence-corrected chi connectivity index (χ4v) is 7.10. The molecule has 2 N–H and O–H groups in total. The van der Waals surface area contributed by atoms with Crippen LogP contribution in [0.15, 0.2) is 97.1 Å². The molecule has 0 saturated carbocycles. The average Bonchev–Trinajstić information content (AvgIpc) is 3.43. The Balaban J connectivity index is 1.53. The predicted octanol–water partition coefficient (Wildman–Crippen LogP) is 6.84. The molecule has 0 amide bonds. The van der Waals surface area contributed by atoms with Crippen LogP contribution in [0.25, 0.3) is 32.3 Å². The summed E-state index contributed by atoms with van der Waals surface area (Å²) < 4.78 is 14.3. The summed E-state index contributed by atoms with van der Waals surface area (Å²) in [6.07, 6.45) is 0. The molecule has 6 aromatic rings. The summed E-state index contributed by atoms with van der Waals surface area (Å²) in [6, 6.07) is 31.7. The molecule has 0 saturated heterocycles. The van der Waals surface area contributed by atoms with Gasteiger partial charge >= 0.3 is 0 Å². The van der Waals surface area contributed by atoms with E-state index in [9.17, 15) is 10.2 Å². The molecule has 0 aromatic heterocycles. The quantitative estimate of drug-likeness (QED) is 0.257. The highest BCUT2D eigenvalue weighted by atomic mass is 16.6. The molecule has 0 radical (unpaired) electrons. The summed E-state index contributed by atoms with van der Waals surface area (Å²) in [6.45, 7) is 0. The molecule has 4 heteroatoms. The Morgan fingerprint density at radius 1 is 0.500 bits per heavy atom. The smallest absolute Gasteiger partial charge is 0.212 e. The lowest BCUT2D eigenvalue weighted by atomic mass is 9.73. The third kappa shape index (κ3) is 1.80. The van der Waals surface area contributed by atoms with Crippen LogP contribution in [0.4, 0.5) is 0 Å². The Bertz CT molecular complexity index is 1850. The SMILES string of the molecule is Oc1ccc2c3c(ccc2c1)OC12c4c(ccc5cc(O)ccc45)OC31c1cccc3cccc2c13. The fraction of sp³-hybridized carbons (Fsp3) is 0.0625. The number of hydrogen-bond donors (Lipinski definition) is 2. The van der Waals surface area contributed by atoms with Gasteiger partial charge in [-0.25, -0.2) is 0 Å². The third-order valence-corrected chi connectivity index (χ3v) is 8.32. The zero-order valence-electron chi connectivity index (χ0n) is 18.9. The van der Waals surface area contributed by atoms with Crippen molar-refractivity contribution in [3.05, 3.63) is 119 Å². The van der Waals surface area contributed by atoms with E-state index in [0.29, 0.717) is 0 Å². The van der Waals surface area contributed by atoms with E-state index in [0.717, 1.165) is 66.1 Å². The van der Waals surface area contributed by atoms with Gasteiger partial charge in [-0.3, -0.25) is 0 Å². The maximum Gasteiger partial charge on any atom is 0.212 e. The molecule has 2 atom stereocenters. The van der Waals surface area contributed by atoms with Crippen molar-refractivity contribution in [2.75, 3.05) is 0 Å². The van der Waals surface area contributed by atoms with Crippen molar-refractivity contribution in [3.63, 3.8) is 0 Å². The number of phenols is 2. The average molecular weight is 466 g/mol. The minimum atomic E-state index is -0.934. The molecule has 2 aliphatic heterocycles. The van der Waals surface area contributed by atoms with E-state index in [2.05, 4.69) is 36.4 Å². The van der Waals surface area contributed by atoms with E-state index in [1.165, 1.54) is 0 Å². The number of fused-ring (bicyclic) bond motifs is 6. The Labute approximate surface area is 205 Å². The zero-order chi connectivity index (χ0) is 23.8. The molecule has 36 heavy (non-hydrogen) atoms. The molecule has 0 bridgehead atoms. The Hall–Kier alpha value is -4.70. The lowest BCUT2D eigenvalue weighted by Crippen LogP contribution is -2.46. The fourth-order valence-electron chi connectivity index (χ4n) is 7.10. The first-order valence-electron chi connectivity index (χ1n) is 12.0. The second kappa shape index (κ2) is 5.74. The van der Waals surface area contributed by atoms with Crippen molar-refractivity contribution in [2.45, 2.75) is 11.2 Å². The van der Waals surface area contributed by atoms with Gasteiger partial charge in [0.2, 0.25) is 11.2 Å². The third-order valence-electron chi connectivity index (χ3n) is 8.32. The summed E-state index contributed by atoms with van der Waals surface area (Å²) in [5, 5.41) is 26.6. The molecule has 0 spiro atoms. The summed E-state index contributed by atoms with van der Waals surface area (Å²) in [4.78, 5) is 0. The maximum atomic E-state index is 10.2. The van der Waals surface area contributed by atoms with Crippen LogP contribution in [0.5, 0.6) is 23.0 Å². The van der Waals surface area contributed by atoms with Crippen molar-refractivity contribution in [3.8, 4) is 23.0 Å². The minimum Gasteiger partial charge on any atom is -0.508 e. The number of phenolic OH excluding ortho intramolecular Hbond substituents is 2. The summed E-state index contributed by atoms with van der Waals surface area (Å²) >= 11 is 0. The van der Waals surface area contributed by atoms with Crippen molar-refractivity contribution in [1.82, 2.24) is 0 Å². The van der Waals surface area contributed by atoms with Gasteiger partial charge in [-0.1, -0.05) is 60.7 Å². The van der Waals surface area contributed by atoms with Gasteiger partial charge in [0, 0.05) is 11.1 Å². The molecule has 0 fully saturated rings. The van der Waals surface area contributed by atoms with Gasteiger partial charge in [0.15, 0.2) is 0 Å². The predicted molar refractivity (Wildman–Crippen MR) is 138 cm³/mol. The van der Waals surface area contributed by atoms with Crippen LogP contribution in [0.2, 0.25) is 0 Å². The van der Waals surface area contributed by atoms with Gasteiger partial charge in [0.25, 0.3) is 0 Å². The maximum absolute atomic E-state index is 10.2. The van der Waals surface area contributed by atoms with Crippen LogP contribution < -0.4 is 9.47 Å². The highest BCUT2D eigenvalue weighted by Crippen LogP contribution is 2.72. The first-order chi connectivity index (χ1) is 17.6. The van der Waals surface area contributed by atoms with Crippen molar-refractivity contribution in [2.24, 2.45) is 0 Å². The summed E-state index contributed by atoms with van der Waals surface area (Å²) in [7, 11) is 0. The van der Waals surface area contributed by atoms with Crippen molar-refractivity contribution >= 4 is 32.3 Å². The van der Waals surface area contributed by atoms with Gasteiger partial charge in [-0.15, -0.1) is 0 Å². The van der Waals surface area contributed by atoms with Crippen LogP contribution in [0, 0.1) is 0 Å². The second-order valence-corrected chi connectivity index (χ2v) is 9.96. The molecule has 6 aromatic carbocycles. The van der Waals surface area contributed by atoms with E-state index in [1.807, 2.05) is 36.4 Å². The number of rotatable bonds is 0.